The van der Waals surface area contributed by atoms with E-state index in [1.54, 1.807) is 0 Å². The minimum atomic E-state index is -1.75. The topological polar surface area (TPSA) is 0 Å². The predicted molar refractivity (Wildman–Crippen MR) is 334 cm³/mol. The van der Waals surface area contributed by atoms with Crippen molar-refractivity contribution in [1.29, 1.82) is 0 Å². The largest absolute Gasteiger partial charge is 0.242 e. The van der Waals surface area contributed by atoms with Crippen LogP contribution >= 0.6 is 10.0 Å². The molecule has 2 saturated carbocycles. The molecule has 77 heavy (non-hydrogen) atoms. The maximum absolute atomic E-state index is 4.61. The summed E-state index contributed by atoms with van der Waals surface area (Å²) >= 11 is 0. The van der Waals surface area contributed by atoms with Crippen LogP contribution in [0.1, 0.15) is 112 Å². The number of fused-ring (bicyclic) bond motifs is 3. The van der Waals surface area contributed by atoms with Crippen LogP contribution in [0.3, 0.4) is 0 Å². The van der Waals surface area contributed by atoms with Gasteiger partial charge in [0.05, 0.1) is 0 Å². The third-order valence-corrected chi connectivity index (χ3v) is 22.9. The molecule has 1 heterocycles. The summed E-state index contributed by atoms with van der Waals surface area (Å²) < 4.78 is 0. The molecule has 0 spiro atoms. The Labute approximate surface area is 463 Å². The lowest BCUT2D eigenvalue weighted by atomic mass is 9.34. The lowest BCUT2D eigenvalue weighted by Gasteiger charge is -2.48. The molecular weight excluding hydrogens is 944 g/mol. The van der Waals surface area contributed by atoms with Gasteiger partial charge in [-0.15, -0.1) is 10.0 Å². The monoisotopic (exact) mass is 1020 g/mol. The van der Waals surface area contributed by atoms with E-state index in [9.17, 15) is 0 Å². The Morgan fingerprint density at radius 2 is 1.31 bits per heavy atom. The molecule has 7 aromatic carbocycles. The number of aryl methyl sites for hydroxylation is 8. The molecule has 0 aromatic heterocycles. The third kappa shape index (κ3) is 9.09. The maximum atomic E-state index is 4.61. The zero-order valence-corrected chi connectivity index (χ0v) is 47.7. The van der Waals surface area contributed by atoms with Crippen LogP contribution in [-0.2, 0) is 11.8 Å². The van der Waals surface area contributed by atoms with E-state index < -0.39 is 10.0 Å². The summed E-state index contributed by atoms with van der Waals surface area (Å²) in [6.45, 7) is 23.0. The van der Waals surface area contributed by atoms with Crippen LogP contribution in [-0.4, -0.2) is 6.71 Å². The van der Waals surface area contributed by atoms with E-state index in [4.69, 9.17) is 0 Å². The van der Waals surface area contributed by atoms with Gasteiger partial charge in [-0.05, 0) is 215 Å². The molecule has 0 bridgehead atoms. The summed E-state index contributed by atoms with van der Waals surface area (Å²) in [6.07, 6.45) is 30.3. The van der Waals surface area contributed by atoms with Crippen LogP contribution in [0.15, 0.2) is 225 Å². The van der Waals surface area contributed by atoms with Gasteiger partial charge in [0.25, 0.3) is 0 Å². The van der Waals surface area contributed by atoms with E-state index in [1.807, 2.05) is 0 Å². The highest BCUT2D eigenvalue weighted by atomic mass is 32.3. The Balaban J connectivity index is 0.868. The van der Waals surface area contributed by atoms with Crippen molar-refractivity contribution in [2.45, 2.75) is 127 Å². The van der Waals surface area contributed by atoms with Gasteiger partial charge in [-0.1, -0.05) is 220 Å². The average Bonchev–Trinajstić information content (AvgIpc) is 3.65. The Kier molecular flexibility index (Phi) is 13.6. The van der Waals surface area contributed by atoms with Crippen molar-refractivity contribution in [2.24, 2.45) is 11.8 Å². The van der Waals surface area contributed by atoms with E-state index in [0.717, 1.165) is 38.0 Å². The van der Waals surface area contributed by atoms with Crippen molar-refractivity contribution in [3.8, 4) is 11.1 Å². The standard InChI is InChI=1S/C75H75BS/c1-49-27-35-70(54(6)39-49)76(74-56(8)40-50(2)41-57(74)9)65-34-29-52(4)68(46-65)67-45-60(31-28-51(67)3)59-22-18-19-58(30-32-59)37-38-75(47-63-42-53(5)69(63)48-75)64-33-36-71(55(7)43-64)77(66-23-12-10-11-13-24-66)72-25-16-14-20-61(72)44-62-21-15-17-26-73(62)77/h10-12,14-18,20-36,39-41,43,45-46,63,69H,5,13,19,37-38,42,44,47-48H2,1-4,6-9H3. The normalized spacial score (nSPS) is 20.4. The van der Waals surface area contributed by atoms with Gasteiger partial charge in [0.1, 0.15) is 0 Å². The fourth-order valence-corrected chi connectivity index (χ4v) is 19.4. The van der Waals surface area contributed by atoms with E-state index in [1.165, 1.54) is 150 Å². The van der Waals surface area contributed by atoms with E-state index in [2.05, 4.69) is 250 Å². The third-order valence-electron chi connectivity index (χ3n) is 18.6. The number of allylic oxidation sites excluding steroid dienone is 12. The number of benzene rings is 7. The first-order valence-corrected chi connectivity index (χ1v) is 30.2. The van der Waals surface area contributed by atoms with Crippen LogP contribution in [0.4, 0.5) is 0 Å². The molecule has 12 rings (SSSR count). The lowest BCUT2D eigenvalue weighted by Crippen LogP contribution is -2.55. The van der Waals surface area contributed by atoms with Gasteiger partial charge < -0.3 is 0 Å². The minimum absolute atomic E-state index is 0.115. The lowest BCUT2D eigenvalue weighted by molar-refractivity contribution is 0.326. The summed E-state index contributed by atoms with van der Waals surface area (Å²) in [6, 6.07) is 52.7. The van der Waals surface area contributed by atoms with E-state index in [0.29, 0.717) is 5.92 Å². The van der Waals surface area contributed by atoms with Gasteiger partial charge in [-0.3, -0.25) is 0 Å². The first-order chi connectivity index (χ1) is 37.3. The summed E-state index contributed by atoms with van der Waals surface area (Å²) in [4.78, 5) is 5.95. The molecule has 0 amide bonds. The highest BCUT2D eigenvalue weighted by Crippen LogP contribution is 2.77. The first-order valence-electron chi connectivity index (χ1n) is 28.6. The molecule has 0 radical (unpaired) electrons. The zero-order chi connectivity index (χ0) is 53.2. The van der Waals surface area contributed by atoms with Crippen molar-refractivity contribution in [3.05, 3.63) is 278 Å². The van der Waals surface area contributed by atoms with E-state index in [-0.39, 0.29) is 12.1 Å². The zero-order valence-electron chi connectivity index (χ0n) is 46.9. The Morgan fingerprint density at radius 3 is 2.03 bits per heavy atom. The van der Waals surface area contributed by atoms with Gasteiger partial charge in [0.2, 0.25) is 6.71 Å². The molecule has 1 aliphatic heterocycles. The van der Waals surface area contributed by atoms with Crippen molar-refractivity contribution >= 4 is 38.7 Å². The van der Waals surface area contributed by atoms with Gasteiger partial charge in [0.15, 0.2) is 0 Å². The highest BCUT2D eigenvalue weighted by molar-refractivity contribution is 8.37. The molecule has 4 aliphatic carbocycles. The Hall–Kier alpha value is -6.87. The minimum Gasteiger partial charge on any atom is -0.132 e. The van der Waals surface area contributed by atoms with Crippen LogP contribution in [0, 0.1) is 67.2 Å². The van der Waals surface area contributed by atoms with Crippen LogP contribution < -0.4 is 16.4 Å². The molecule has 0 nitrogen and oxygen atoms in total. The smallest absolute Gasteiger partial charge is 0.132 e. The highest BCUT2D eigenvalue weighted by Gasteiger charge is 2.52. The molecular formula is C75H75BS. The fraction of sp³-hybridized carbons (Fsp3) is 0.253. The molecule has 2 heteroatoms. The quantitative estimate of drug-likeness (QED) is 0.0895. The van der Waals surface area contributed by atoms with Gasteiger partial charge in [-0.2, -0.15) is 0 Å². The fourth-order valence-electron chi connectivity index (χ4n) is 14.8. The SMILES string of the molecule is C=C1CC2CC(CCC3=CC=C(c4ccc(C)c(-c5cc(B(c6ccc(C)cc6C)c6c(C)cc(C)cc6C)ccc5C)c4)C=CC3)(c3ccc(S4(C5=CCC=CC=C5)c5ccccc5Cc5ccccc54)c(C)c3)CC12. The second-order valence-electron chi connectivity index (χ2n) is 23.8. The van der Waals surface area contributed by atoms with Crippen molar-refractivity contribution in [1.82, 2.24) is 0 Å². The summed E-state index contributed by atoms with van der Waals surface area (Å²) in [5, 5.41) is 0. The number of hydrogen-bond acceptors (Lipinski definition) is 0. The first kappa shape index (κ1) is 50.9. The van der Waals surface area contributed by atoms with Crippen LogP contribution in [0.25, 0.3) is 16.7 Å². The molecule has 384 valence electrons. The number of rotatable bonds is 11. The van der Waals surface area contributed by atoms with Gasteiger partial charge >= 0.3 is 0 Å². The molecule has 3 atom stereocenters. The average molecular weight is 1020 g/mol. The van der Waals surface area contributed by atoms with E-state index >= 15 is 0 Å². The summed E-state index contributed by atoms with van der Waals surface area (Å²) in [5.41, 5.74) is 27.6. The molecule has 0 N–H and O–H groups in total. The van der Waals surface area contributed by atoms with Gasteiger partial charge in [0, 0.05) is 14.7 Å². The maximum Gasteiger partial charge on any atom is 0.242 e. The van der Waals surface area contributed by atoms with Crippen molar-refractivity contribution in [3.63, 3.8) is 0 Å². The molecule has 0 saturated heterocycles. The molecule has 5 aliphatic rings. The van der Waals surface area contributed by atoms with Crippen molar-refractivity contribution < 1.29 is 0 Å². The Bertz CT molecular complexity index is 3660. The van der Waals surface area contributed by atoms with Gasteiger partial charge in [-0.25, -0.2) is 0 Å². The summed E-state index contributed by atoms with van der Waals surface area (Å²) in [5.74, 6) is 1.38. The second-order valence-corrected chi connectivity index (χ2v) is 26.8. The van der Waals surface area contributed by atoms with Crippen LogP contribution in [0.2, 0.25) is 0 Å². The van der Waals surface area contributed by atoms with Crippen LogP contribution in [0.5, 0.6) is 0 Å². The van der Waals surface area contributed by atoms with Crippen molar-refractivity contribution in [2.75, 3.05) is 0 Å². The Morgan fingerprint density at radius 1 is 0.597 bits per heavy atom. The number of hydrogen-bond donors (Lipinski definition) is 0. The molecule has 3 unspecified atom stereocenters. The summed E-state index contributed by atoms with van der Waals surface area (Å²) in [7, 11) is -1.75. The molecule has 7 aromatic rings. The molecule has 2 fully saturated rings. The second kappa shape index (κ2) is 20.5. The predicted octanol–water partition coefficient (Wildman–Crippen LogP) is 17.9.